The van der Waals surface area contributed by atoms with Gasteiger partial charge in [0.05, 0.1) is 20.8 Å². The van der Waals surface area contributed by atoms with E-state index in [1.807, 2.05) is 19.2 Å². The molecule has 0 amide bonds. The summed E-state index contributed by atoms with van der Waals surface area (Å²) in [6.07, 6.45) is 2.29. The van der Waals surface area contributed by atoms with Crippen molar-refractivity contribution in [2.45, 2.75) is 18.9 Å². The van der Waals surface area contributed by atoms with E-state index in [1.165, 1.54) is 6.42 Å². The predicted octanol–water partition coefficient (Wildman–Crippen LogP) is 2.39. The molecular formula is C15H23NO3. The third kappa shape index (κ3) is 3.19. The number of ether oxygens (including phenoxy) is 3. The van der Waals surface area contributed by atoms with Crippen LogP contribution in [0.2, 0.25) is 0 Å². The normalized spacial score (nSPS) is 20.9. The molecule has 1 heterocycles. The second-order valence-corrected chi connectivity index (χ2v) is 4.85. The smallest absolute Gasteiger partial charge is 0.123 e. The Morgan fingerprint density at radius 3 is 2.74 bits per heavy atom. The standard InChI is InChI=1S/C15H23NO3/c1-16-15(11-5-4-8-19-10-11)13-9-12(17-2)6-7-14(13)18-3/h6-7,9,11,15-16H,4-5,8,10H2,1-3H3. The highest BCUT2D eigenvalue weighted by molar-refractivity contribution is 5.42. The van der Waals surface area contributed by atoms with E-state index in [9.17, 15) is 0 Å². The van der Waals surface area contributed by atoms with Gasteiger partial charge in [0.1, 0.15) is 11.5 Å². The van der Waals surface area contributed by atoms with Crippen LogP contribution in [-0.2, 0) is 4.74 Å². The minimum atomic E-state index is 0.227. The number of hydrogen-bond acceptors (Lipinski definition) is 4. The van der Waals surface area contributed by atoms with Crippen LogP contribution >= 0.6 is 0 Å². The number of rotatable bonds is 5. The molecule has 1 aliphatic heterocycles. The lowest BCUT2D eigenvalue weighted by molar-refractivity contribution is 0.0398. The van der Waals surface area contributed by atoms with E-state index < -0.39 is 0 Å². The third-order valence-corrected chi connectivity index (χ3v) is 3.75. The summed E-state index contributed by atoms with van der Waals surface area (Å²) in [5.74, 6) is 2.22. The van der Waals surface area contributed by atoms with Crippen molar-refractivity contribution in [2.24, 2.45) is 5.92 Å². The molecule has 0 aliphatic carbocycles. The zero-order valence-corrected chi connectivity index (χ0v) is 11.9. The van der Waals surface area contributed by atoms with Gasteiger partial charge < -0.3 is 19.5 Å². The maximum absolute atomic E-state index is 5.60. The summed E-state index contributed by atoms with van der Waals surface area (Å²) in [7, 11) is 5.37. The van der Waals surface area contributed by atoms with Crippen LogP contribution in [0.25, 0.3) is 0 Å². The summed E-state index contributed by atoms with van der Waals surface area (Å²) in [6, 6.07) is 6.16. The SMILES string of the molecule is CNC(c1cc(OC)ccc1OC)C1CCCOC1. The highest BCUT2D eigenvalue weighted by Crippen LogP contribution is 2.35. The Labute approximate surface area is 115 Å². The van der Waals surface area contributed by atoms with Crippen molar-refractivity contribution >= 4 is 0 Å². The van der Waals surface area contributed by atoms with E-state index in [0.29, 0.717) is 5.92 Å². The van der Waals surface area contributed by atoms with Crippen molar-refractivity contribution < 1.29 is 14.2 Å². The van der Waals surface area contributed by atoms with Crippen LogP contribution < -0.4 is 14.8 Å². The van der Waals surface area contributed by atoms with E-state index in [-0.39, 0.29) is 6.04 Å². The molecule has 106 valence electrons. The topological polar surface area (TPSA) is 39.7 Å². The fourth-order valence-corrected chi connectivity index (χ4v) is 2.76. The van der Waals surface area contributed by atoms with E-state index in [2.05, 4.69) is 11.4 Å². The number of methoxy groups -OCH3 is 2. The lowest BCUT2D eigenvalue weighted by Gasteiger charge is -2.31. The predicted molar refractivity (Wildman–Crippen MR) is 74.9 cm³/mol. The molecule has 0 aromatic heterocycles. The van der Waals surface area contributed by atoms with Crippen LogP contribution in [0, 0.1) is 5.92 Å². The minimum absolute atomic E-state index is 0.227. The van der Waals surface area contributed by atoms with E-state index >= 15 is 0 Å². The molecule has 4 nitrogen and oxygen atoms in total. The van der Waals surface area contributed by atoms with Crippen LogP contribution in [0.3, 0.4) is 0 Å². The van der Waals surface area contributed by atoms with E-state index in [4.69, 9.17) is 14.2 Å². The Bertz CT molecular complexity index is 402. The molecule has 19 heavy (non-hydrogen) atoms. The quantitative estimate of drug-likeness (QED) is 0.887. The van der Waals surface area contributed by atoms with Crippen LogP contribution in [0.5, 0.6) is 11.5 Å². The Kier molecular flexibility index (Phi) is 5.05. The van der Waals surface area contributed by atoms with Crippen LogP contribution in [0.15, 0.2) is 18.2 Å². The zero-order chi connectivity index (χ0) is 13.7. The molecular weight excluding hydrogens is 242 g/mol. The summed E-state index contributed by atoms with van der Waals surface area (Å²) >= 11 is 0. The summed E-state index contributed by atoms with van der Waals surface area (Å²) < 4.78 is 16.4. The Hall–Kier alpha value is -1.26. The number of benzene rings is 1. The van der Waals surface area contributed by atoms with Gasteiger partial charge in [-0.05, 0) is 38.1 Å². The van der Waals surface area contributed by atoms with Gasteiger partial charge in [-0.1, -0.05) is 0 Å². The Morgan fingerprint density at radius 1 is 1.32 bits per heavy atom. The fourth-order valence-electron chi connectivity index (χ4n) is 2.76. The summed E-state index contributed by atoms with van der Waals surface area (Å²) in [6.45, 7) is 1.67. The van der Waals surface area contributed by atoms with Gasteiger partial charge in [-0.25, -0.2) is 0 Å². The molecule has 0 radical (unpaired) electrons. The second-order valence-electron chi connectivity index (χ2n) is 4.85. The highest BCUT2D eigenvalue weighted by Gasteiger charge is 2.27. The van der Waals surface area contributed by atoms with Crippen LogP contribution in [-0.4, -0.2) is 34.5 Å². The van der Waals surface area contributed by atoms with Crippen molar-refractivity contribution in [3.8, 4) is 11.5 Å². The van der Waals surface area contributed by atoms with Gasteiger partial charge in [0.2, 0.25) is 0 Å². The zero-order valence-electron chi connectivity index (χ0n) is 11.9. The molecule has 1 aromatic carbocycles. The second kappa shape index (κ2) is 6.78. The molecule has 2 atom stereocenters. The van der Waals surface area contributed by atoms with Crippen molar-refractivity contribution in [3.63, 3.8) is 0 Å². The Balaban J connectivity index is 2.29. The monoisotopic (exact) mass is 265 g/mol. The number of nitrogens with one attached hydrogen (secondary N) is 1. The maximum atomic E-state index is 5.60. The van der Waals surface area contributed by atoms with Gasteiger partial charge in [-0.2, -0.15) is 0 Å². The molecule has 1 N–H and O–H groups in total. The first-order valence-corrected chi connectivity index (χ1v) is 6.77. The average Bonchev–Trinajstić information content (AvgIpc) is 2.49. The molecule has 0 spiro atoms. The van der Waals surface area contributed by atoms with Crippen molar-refractivity contribution in [3.05, 3.63) is 23.8 Å². The third-order valence-electron chi connectivity index (χ3n) is 3.75. The average molecular weight is 265 g/mol. The molecule has 0 saturated carbocycles. The molecule has 1 saturated heterocycles. The summed E-state index contributed by atoms with van der Waals surface area (Å²) in [5, 5.41) is 3.40. The highest BCUT2D eigenvalue weighted by atomic mass is 16.5. The Morgan fingerprint density at radius 2 is 2.16 bits per heavy atom. The van der Waals surface area contributed by atoms with Gasteiger partial charge in [0, 0.05) is 24.1 Å². The van der Waals surface area contributed by atoms with Gasteiger partial charge >= 0.3 is 0 Å². The summed E-state index contributed by atoms with van der Waals surface area (Å²) in [4.78, 5) is 0. The lowest BCUT2D eigenvalue weighted by atomic mass is 9.88. The van der Waals surface area contributed by atoms with Crippen LogP contribution in [0.1, 0.15) is 24.4 Å². The number of hydrogen-bond donors (Lipinski definition) is 1. The fraction of sp³-hybridized carbons (Fsp3) is 0.600. The van der Waals surface area contributed by atoms with Crippen molar-refractivity contribution in [2.75, 3.05) is 34.5 Å². The van der Waals surface area contributed by atoms with E-state index in [1.54, 1.807) is 14.2 Å². The van der Waals surface area contributed by atoms with Gasteiger partial charge in [0.15, 0.2) is 0 Å². The first kappa shape index (κ1) is 14.2. The van der Waals surface area contributed by atoms with Gasteiger partial charge in [-0.3, -0.25) is 0 Å². The summed E-state index contributed by atoms with van der Waals surface area (Å²) in [5.41, 5.74) is 1.14. The molecule has 4 heteroatoms. The van der Waals surface area contributed by atoms with Gasteiger partial charge in [-0.15, -0.1) is 0 Å². The molecule has 1 aliphatic rings. The lowest BCUT2D eigenvalue weighted by Crippen LogP contribution is -2.31. The molecule has 0 bridgehead atoms. The van der Waals surface area contributed by atoms with Crippen molar-refractivity contribution in [1.29, 1.82) is 0 Å². The molecule has 2 rings (SSSR count). The first-order chi connectivity index (χ1) is 9.30. The first-order valence-electron chi connectivity index (χ1n) is 6.77. The van der Waals surface area contributed by atoms with Crippen LogP contribution in [0.4, 0.5) is 0 Å². The van der Waals surface area contributed by atoms with Crippen molar-refractivity contribution in [1.82, 2.24) is 5.32 Å². The molecule has 1 aromatic rings. The molecule has 2 unspecified atom stereocenters. The minimum Gasteiger partial charge on any atom is -0.497 e. The maximum Gasteiger partial charge on any atom is 0.123 e. The molecule has 1 fully saturated rings. The van der Waals surface area contributed by atoms with Gasteiger partial charge in [0.25, 0.3) is 0 Å². The van der Waals surface area contributed by atoms with E-state index in [0.717, 1.165) is 36.7 Å². The largest absolute Gasteiger partial charge is 0.497 e.